The van der Waals surface area contributed by atoms with Gasteiger partial charge in [0, 0.05) is 36.9 Å². The number of hydrogen-bond donors (Lipinski definition) is 2. The third kappa shape index (κ3) is 4.01. The molecule has 28 heavy (non-hydrogen) atoms. The average Bonchev–Trinajstić information content (AvgIpc) is 3.37. The highest BCUT2D eigenvalue weighted by atomic mass is 16.5. The van der Waals surface area contributed by atoms with Gasteiger partial charge in [-0.3, -0.25) is 14.9 Å². The number of nitrogens with zero attached hydrogens (tertiary/aromatic N) is 2. The molecule has 1 aliphatic heterocycles. The van der Waals surface area contributed by atoms with Gasteiger partial charge in [-0.05, 0) is 54.1 Å². The first-order valence-electron chi connectivity index (χ1n) is 9.74. The maximum absolute atomic E-state index is 11.1. The van der Waals surface area contributed by atoms with Crippen LogP contribution in [0.25, 0.3) is 17.0 Å². The molecular weight excluding hydrogens is 350 g/mol. The van der Waals surface area contributed by atoms with Gasteiger partial charge in [-0.2, -0.15) is 0 Å². The van der Waals surface area contributed by atoms with Crippen LogP contribution in [0.1, 0.15) is 30.0 Å². The van der Waals surface area contributed by atoms with Crippen LogP contribution in [0.4, 0.5) is 0 Å². The summed E-state index contributed by atoms with van der Waals surface area (Å²) >= 11 is 0. The number of hydrogen-bond acceptors (Lipinski definition) is 3. The largest absolute Gasteiger partial charge is 0.346 e. The second kappa shape index (κ2) is 8.42. The minimum atomic E-state index is -0.524. The predicted molar refractivity (Wildman–Crippen MR) is 111 cm³/mol. The number of nitrogens with one attached hydrogen (secondary N) is 1. The highest BCUT2D eigenvalue weighted by Crippen LogP contribution is 2.32. The van der Waals surface area contributed by atoms with Crippen LogP contribution in [0.15, 0.2) is 66.9 Å². The Morgan fingerprint density at radius 1 is 1.11 bits per heavy atom. The molecule has 0 radical (unpaired) electrons. The Bertz CT molecular complexity index is 975. The summed E-state index contributed by atoms with van der Waals surface area (Å²) in [5.41, 5.74) is 5.15. The van der Waals surface area contributed by atoms with Gasteiger partial charge >= 0.3 is 0 Å². The van der Waals surface area contributed by atoms with Gasteiger partial charge < -0.3 is 4.57 Å². The molecule has 2 aromatic carbocycles. The highest BCUT2D eigenvalue weighted by Gasteiger charge is 2.25. The lowest BCUT2D eigenvalue weighted by Crippen LogP contribution is -2.27. The second-order valence-corrected chi connectivity index (χ2v) is 7.24. The smallest absolute Gasteiger partial charge is 0.267 e. The summed E-state index contributed by atoms with van der Waals surface area (Å²) in [5, 5.41) is 9.84. The summed E-state index contributed by atoms with van der Waals surface area (Å²) in [5.74, 6) is -0.524. The van der Waals surface area contributed by atoms with Gasteiger partial charge in [0.05, 0.1) is 0 Å². The molecule has 5 heteroatoms. The number of hydroxylamine groups is 1. The fourth-order valence-corrected chi connectivity index (χ4v) is 4.08. The Labute approximate surface area is 164 Å². The van der Waals surface area contributed by atoms with Crippen LogP contribution in [0.3, 0.4) is 0 Å². The van der Waals surface area contributed by atoms with Crippen molar-refractivity contribution in [2.45, 2.75) is 25.4 Å². The summed E-state index contributed by atoms with van der Waals surface area (Å²) in [6.45, 7) is 3.14. The number of carbonyl (C=O) groups is 1. The van der Waals surface area contributed by atoms with Crippen LogP contribution in [0.2, 0.25) is 0 Å². The molecule has 0 aliphatic carbocycles. The monoisotopic (exact) mass is 375 g/mol. The Morgan fingerprint density at radius 2 is 1.93 bits per heavy atom. The van der Waals surface area contributed by atoms with Gasteiger partial charge in [-0.1, -0.05) is 42.5 Å². The van der Waals surface area contributed by atoms with Gasteiger partial charge in [0.2, 0.25) is 0 Å². The zero-order chi connectivity index (χ0) is 19.3. The standard InChI is InChI=1S/C23H25N3O2/c27-23(24-28)12-9-18-7-10-20(11-8-18)22-6-3-14-25(22)16-17-26-15-13-19-4-1-2-5-21(19)26/h1-2,4-5,7-13,15,22,28H,3,6,14,16-17H2,(H,24,27). The summed E-state index contributed by atoms with van der Waals surface area (Å²) in [7, 11) is 0. The van der Waals surface area contributed by atoms with Gasteiger partial charge in [0.15, 0.2) is 0 Å². The average molecular weight is 375 g/mol. The zero-order valence-corrected chi connectivity index (χ0v) is 15.8. The molecule has 0 spiro atoms. The number of rotatable bonds is 6. The summed E-state index contributed by atoms with van der Waals surface area (Å²) in [6.07, 6.45) is 7.58. The van der Waals surface area contributed by atoms with Crippen LogP contribution in [-0.4, -0.2) is 33.7 Å². The maximum atomic E-state index is 11.1. The number of carbonyl (C=O) groups excluding carboxylic acids is 1. The zero-order valence-electron chi connectivity index (χ0n) is 15.8. The summed E-state index contributed by atoms with van der Waals surface area (Å²) < 4.78 is 2.34. The molecule has 1 aromatic heterocycles. The highest BCUT2D eigenvalue weighted by molar-refractivity contribution is 5.90. The Balaban J connectivity index is 1.42. The van der Waals surface area contributed by atoms with Crippen molar-refractivity contribution in [1.29, 1.82) is 0 Å². The molecule has 3 aromatic rings. The number of fused-ring (bicyclic) bond motifs is 1. The van der Waals surface area contributed by atoms with E-state index in [1.165, 1.54) is 35.4 Å². The van der Waals surface area contributed by atoms with E-state index in [1.54, 1.807) is 11.6 Å². The van der Waals surface area contributed by atoms with Crippen molar-refractivity contribution in [3.8, 4) is 0 Å². The lowest BCUT2D eigenvalue weighted by atomic mass is 10.0. The normalized spacial score (nSPS) is 17.5. The fraction of sp³-hybridized carbons (Fsp3) is 0.261. The van der Waals surface area contributed by atoms with Gasteiger partial charge in [0.25, 0.3) is 5.91 Å². The van der Waals surface area contributed by atoms with E-state index in [1.807, 2.05) is 12.1 Å². The van der Waals surface area contributed by atoms with Crippen molar-refractivity contribution in [2.24, 2.45) is 0 Å². The molecule has 1 unspecified atom stereocenters. The molecule has 2 heterocycles. The van der Waals surface area contributed by atoms with E-state index < -0.39 is 5.91 Å². The van der Waals surface area contributed by atoms with Crippen molar-refractivity contribution in [3.05, 3.63) is 78.0 Å². The quantitative estimate of drug-likeness (QED) is 0.389. The molecule has 0 saturated carbocycles. The number of amides is 1. The molecule has 1 aliphatic rings. The lowest BCUT2D eigenvalue weighted by Gasteiger charge is -2.25. The molecule has 5 nitrogen and oxygen atoms in total. The number of likely N-dealkylation sites (tertiary alicyclic amines) is 1. The molecular formula is C23H25N3O2. The third-order valence-corrected chi connectivity index (χ3v) is 5.53. The second-order valence-electron chi connectivity index (χ2n) is 7.24. The van der Waals surface area contributed by atoms with Gasteiger partial charge in [-0.15, -0.1) is 0 Å². The first-order valence-corrected chi connectivity index (χ1v) is 9.74. The minimum absolute atomic E-state index is 0.445. The Hall–Kier alpha value is -2.89. The predicted octanol–water partition coefficient (Wildman–Crippen LogP) is 4.00. The van der Waals surface area contributed by atoms with Crippen LogP contribution in [0.5, 0.6) is 0 Å². The molecule has 2 N–H and O–H groups in total. The van der Waals surface area contributed by atoms with Crippen LogP contribution in [0, 0.1) is 0 Å². The van der Waals surface area contributed by atoms with Crippen molar-refractivity contribution in [2.75, 3.05) is 13.1 Å². The van der Waals surface area contributed by atoms with Gasteiger partial charge in [-0.25, -0.2) is 5.48 Å². The van der Waals surface area contributed by atoms with E-state index in [4.69, 9.17) is 5.21 Å². The molecule has 1 saturated heterocycles. The first kappa shape index (κ1) is 18.5. The lowest BCUT2D eigenvalue weighted by molar-refractivity contribution is -0.124. The van der Waals surface area contributed by atoms with Crippen LogP contribution >= 0.6 is 0 Å². The molecule has 1 atom stereocenters. The van der Waals surface area contributed by atoms with Crippen molar-refractivity contribution in [3.63, 3.8) is 0 Å². The van der Waals surface area contributed by atoms with E-state index in [0.29, 0.717) is 6.04 Å². The van der Waals surface area contributed by atoms with E-state index in [9.17, 15) is 4.79 Å². The molecule has 1 fully saturated rings. The maximum Gasteiger partial charge on any atom is 0.267 e. The molecule has 144 valence electrons. The van der Waals surface area contributed by atoms with Crippen LogP contribution in [-0.2, 0) is 11.3 Å². The van der Waals surface area contributed by atoms with E-state index >= 15 is 0 Å². The molecule has 4 rings (SSSR count). The Morgan fingerprint density at radius 3 is 2.75 bits per heavy atom. The topological polar surface area (TPSA) is 57.5 Å². The van der Waals surface area contributed by atoms with E-state index in [-0.39, 0.29) is 0 Å². The summed E-state index contributed by atoms with van der Waals surface area (Å²) in [4.78, 5) is 13.7. The van der Waals surface area contributed by atoms with Gasteiger partial charge in [0.1, 0.15) is 0 Å². The van der Waals surface area contributed by atoms with Crippen molar-refractivity contribution < 1.29 is 10.0 Å². The summed E-state index contributed by atoms with van der Waals surface area (Å²) in [6, 6.07) is 19.5. The van der Waals surface area contributed by atoms with Crippen molar-refractivity contribution >= 4 is 22.9 Å². The number of aromatic nitrogens is 1. The molecule has 1 amide bonds. The van der Waals surface area contributed by atoms with E-state index in [2.05, 4.69) is 58.1 Å². The minimum Gasteiger partial charge on any atom is -0.346 e. The molecule has 0 bridgehead atoms. The number of para-hydroxylation sites is 1. The third-order valence-electron chi connectivity index (χ3n) is 5.53. The SMILES string of the molecule is O=C(C=Cc1ccc(C2CCCN2CCn2ccc3ccccc32)cc1)NO. The van der Waals surface area contributed by atoms with Crippen LogP contribution < -0.4 is 5.48 Å². The number of benzene rings is 2. The van der Waals surface area contributed by atoms with E-state index in [0.717, 1.165) is 25.2 Å². The fourth-order valence-electron chi connectivity index (χ4n) is 4.08. The Kier molecular flexibility index (Phi) is 5.55. The first-order chi connectivity index (χ1) is 13.7. The van der Waals surface area contributed by atoms with Crippen molar-refractivity contribution in [1.82, 2.24) is 14.9 Å².